The summed E-state index contributed by atoms with van der Waals surface area (Å²) in [5, 5.41) is 0. The molecule has 0 aromatic carbocycles. The zero-order valence-electron chi connectivity index (χ0n) is 10.2. The molecule has 0 fully saturated rings. The molecule has 90 valence electrons. The lowest BCUT2D eigenvalue weighted by Gasteiger charge is -2.26. The fourth-order valence-corrected chi connectivity index (χ4v) is 1.50. The summed E-state index contributed by atoms with van der Waals surface area (Å²) in [5.41, 5.74) is 3.48. The van der Waals surface area contributed by atoms with Gasteiger partial charge in [-0.2, -0.15) is 0 Å². The Balaban J connectivity index is 2.94. The van der Waals surface area contributed by atoms with Crippen LogP contribution < -0.4 is 16.2 Å². The number of ether oxygens (including phenoxy) is 1. The molecule has 0 aliphatic heterocycles. The van der Waals surface area contributed by atoms with E-state index in [0.29, 0.717) is 12.4 Å². The smallest absolute Gasteiger partial charge is 0.148 e. The van der Waals surface area contributed by atoms with Crippen LogP contribution in [0, 0.1) is 6.92 Å². The van der Waals surface area contributed by atoms with Crippen LogP contribution in [-0.2, 0) is 4.74 Å². The van der Waals surface area contributed by atoms with Gasteiger partial charge in [-0.25, -0.2) is 15.8 Å². The number of hydrogen-bond donors (Lipinski definition) is 2. The molecule has 0 aliphatic carbocycles. The minimum absolute atomic E-state index is 0.240. The Morgan fingerprint density at radius 2 is 2.25 bits per heavy atom. The van der Waals surface area contributed by atoms with Gasteiger partial charge in [-0.05, 0) is 13.8 Å². The Morgan fingerprint density at radius 1 is 1.56 bits per heavy atom. The first kappa shape index (κ1) is 12.7. The van der Waals surface area contributed by atoms with E-state index >= 15 is 0 Å². The molecule has 0 amide bonds. The number of nitrogens with two attached hydrogens (primary N) is 1. The highest BCUT2D eigenvalue weighted by Gasteiger charge is 2.15. The van der Waals surface area contributed by atoms with E-state index in [0.717, 1.165) is 11.4 Å². The van der Waals surface area contributed by atoms with Gasteiger partial charge in [0, 0.05) is 19.7 Å². The number of nitrogen functional groups attached to an aromatic ring is 1. The topological polar surface area (TPSA) is 76.3 Å². The average Bonchev–Trinajstić information content (AvgIpc) is 2.29. The van der Waals surface area contributed by atoms with Crippen molar-refractivity contribution in [2.45, 2.75) is 19.9 Å². The van der Waals surface area contributed by atoms with Gasteiger partial charge in [-0.3, -0.25) is 0 Å². The zero-order chi connectivity index (χ0) is 12.1. The summed E-state index contributed by atoms with van der Waals surface area (Å²) in [6, 6.07) is 0.240. The summed E-state index contributed by atoms with van der Waals surface area (Å²) >= 11 is 0. The van der Waals surface area contributed by atoms with Gasteiger partial charge in [0.15, 0.2) is 0 Å². The van der Waals surface area contributed by atoms with Crippen molar-refractivity contribution in [1.82, 2.24) is 9.97 Å². The number of likely N-dealkylation sites (N-methyl/N-ethyl adjacent to an activating group) is 1. The van der Waals surface area contributed by atoms with Gasteiger partial charge in [0.1, 0.15) is 18.0 Å². The molecule has 3 N–H and O–H groups in total. The Bertz CT molecular complexity index is 344. The number of nitrogens with zero attached hydrogens (tertiary/aromatic N) is 3. The predicted octanol–water partition coefficient (Wildman–Crippen LogP) is 0.542. The normalized spacial score (nSPS) is 12.3. The van der Waals surface area contributed by atoms with Gasteiger partial charge in [0.05, 0.1) is 12.6 Å². The van der Waals surface area contributed by atoms with Crippen LogP contribution in [0.5, 0.6) is 0 Å². The maximum absolute atomic E-state index is 5.37. The second kappa shape index (κ2) is 5.62. The molecular formula is C10H19N5O. The molecule has 1 unspecified atom stereocenters. The van der Waals surface area contributed by atoms with Crippen LogP contribution in [0.1, 0.15) is 12.5 Å². The first-order chi connectivity index (χ1) is 7.61. The van der Waals surface area contributed by atoms with E-state index in [9.17, 15) is 0 Å². The van der Waals surface area contributed by atoms with E-state index in [2.05, 4.69) is 22.3 Å². The Hall–Kier alpha value is -1.40. The zero-order valence-corrected chi connectivity index (χ0v) is 10.2. The predicted molar refractivity (Wildman–Crippen MR) is 64.3 cm³/mol. The summed E-state index contributed by atoms with van der Waals surface area (Å²) in [6.07, 6.45) is 1.49. The maximum Gasteiger partial charge on any atom is 0.148 e. The highest BCUT2D eigenvalue weighted by atomic mass is 16.5. The third kappa shape index (κ3) is 2.59. The molecule has 1 atom stereocenters. The van der Waals surface area contributed by atoms with E-state index in [4.69, 9.17) is 10.6 Å². The molecule has 0 bridgehead atoms. The van der Waals surface area contributed by atoms with E-state index in [-0.39, 0.29) is 6.04 Å². The number of aromatic nitrogens is 2. The summed E-state index contributed by atoms with van der Waals surface area (Å²) in [6.45, 7) is 4.65. The Labute approximate surface area is 95.8 Å². The maximum atomic E-state index is 5.37. The van der Waals surface area contributed by atoms with Crippen molar-refractivity contribution < 1.29 is 4.74 Å². The first-order valence-electron chi connectivity index (χ1n) is 5.11. The minimum atomic E-state index is 0.240. The molecule has 16 heavy (non-hydrogen) atoms. The molecule has 6 nitrogen and oxygen atoms in total. The molecule has 1 heterocycles. The quantitative estimate of drug-likeness (QED) is 0.562. The SMILES string of the molecule is COCC(C)N(C)c1ncnc(NN)c1C. The van der Waals surface area contributed by atoms with Crippen LogP contribution in [0.3, 0.4) is 0 Å². The minimum Gasteiger partial charge on any atom is -0.383 e. The van der Waals surface area contributed by atoms with Gasteiger partial charge >= 0.3 is 0 Å². The van der Waals surface area contributed by atoms with Crippen molar-refractivity contribution in [2.75, 3.05) is 31.1 Å². The molecule has 1 rings (SSSR count). The Kier molecular flexibility index (Phi) is 4.45. The highest BCUT2D eigenvalue weighted by Crippen LogP contribution is 2.21. The number of rotatable bonds is 5. The third-order valence-electron chi connectivity index (χ3n) is 2.60. The molecule has 0 saturated carbocycles. The lowest BCUT2D eigenvalue weighted by atomic mass is 10.2. The lowest BCUT2D eigenvalue weighted by molar-refractivity contribution is 0.183. The van der Waals surface area contributed by atoms with Crippen LogP contribution >= 0.6 is 0 Å². The number of anilines is 2. The van der Waals surface area contributed by atoms with Crippen molar-refractivity contribution in [3.05, 3.63) is 11.9 Å². The standard InChI is InChI=1S/C10H19N5O/c1-7(5-16-4)15(3)10-8(2)9(14-11)12-6-13-10/h6-7H,5,11H2,1-4H3,(H,12,13,14). The fourth-order valence-electron chi connectivity index (χ4n) is 1.50. The molecule has 0 aliphatic rings. The van der Waals surface area contributed by atoms with E-state index in [1.54, 1.807) is 7.11 Å². The second-order valence-corrected chi connectivity index (χ2v) is 3.73. The van der Waals surface area contributed by atoms with Crippen LogP contribution in [0.4, 0.5) is 11.6 Å². The first-order valence-corrected chi connectivity index (χ1v) is 5.11. The molecule has 0 saturated heterocycles. The molecule has 0 spiro atoms. The highest BCUT2D eigenvalue weighted by molar-refractivity contribution is 5.57. The van der Waals surface area contributed by atoms with Crippen LogP contribution in [-0.4, -0.2) is 36.8 Å². The van der Waals surface area contributed by atoms with Gasteiger partial charge in [0.2, 0.25) is 0 Å². The van der Waals surface area contributed by atoms with E-state index in [1.807, 2.05) is 18.9 Å². The van der Waals surface area contributed by atoms with Crippen LogP contribution in [0.2, 0.25) is 0 Å². The number of hydrazine groups is 1. The monoisotopic (exact) mass is 225 g/mol. The van der Waals surface area contributed by atoms with Crippen LogP contribution in [0.15, 0.2) is 6.33 Å². The van der Waals surface area contributed by atoms with Crippen molar-refractivity contribution >= 4 is 11.6 Å². The molecule has 1 aromatic heterocycles. The molecular weight excluding hydrogens is 206 g/mol. The Morgan fingerprint density at radius 3 is 2.81 bits per heavy atom. The average molecular weight is 225 g/mol. The molecule has 6 heteroatoms. The summed E-state index contributed by atoms with van der Waals surface area (Å²) in [5.74, 6) is 6.87. The van der Waals surface area contributed by atoms with Gasteiger partial charge in [0.25, 0.3) is 0 Å². The van der Waals surface area contributed by atoms with Crippen molar-refractivity contribution in [1.29, 1.82) is 0 Å². The van der Waals surface area contributed by atoms with E-state index < -0.39 is 0 Å². The van der Waals surface area contributed by atoms with E-state index in [1.165, 1.54) is 6.33 Å². The van der Waals surface area contributed by atoms with Gasteiger partial charge in [-0.1, -0.05) is 0 Å². The van der Waals surface area contributed by atoms with Gasteiger partial charge < -0.3 is 15.1 Å². The second-order valence-electron chi connectivity index (χ2n) is 3.73. The number of methoxy groups -OCH3 is 1. The molecule has 0 radical (unpaired) electrons. The van der Waals surface area contributed by atoms with Crippen molar-refractivity contribution in [3.63, 3.8) is 0 Å². The lowest BCUT2D eigenvalue weighted by Crippen LogP contribution is -2.34. The summed E-state index contributed by atoms with van der Waals surface area (Å²) in [7, 11) is 3.66. The van der Waals surface area contributed by atoms with Crippen molar-refractivity contribution in [2.24, 2.45) is 5.84 Å². The fraction of sp³-hybridized carbons (Fsp3) is 0.600. The van der Waals surface area contributed by atoms with Gasteiger partial charge in [-0.15, -0.1) is 0 Å². The molecule has 1 aromatic rings. The van der Waals surface area contributed by atoms with Crippen molar-refractivity contribution in [3.8, 4) is 0 Å². The number of hydrogen-bond acceptors (Lipinski definition) is 6. The van der Waals surface area contributed by atoms with Crippen LogP contribution in [0.25, 0.3) is 0 Å². The number of nitrogens with one attached hydrogen (secondary N) is 1. The third-order valence-corrected chi connectivity index (χ3v) is 2.60. The largest absolute Gasteiger partial charge is 0.383 e. The summed E-state index contributed by atoms with van der Waals surface area (Å²) in [4.78, 5) is 10.3. The summed E-state index contributed by atoms with van der Waals surface area (Å²) < 4.78 is 5.12.